The van der Waals surface area contributed by atoms with Crippen LogP contribution in [0.25, 0.3) is 10.9 Å². The van der Waals surface area contributed by atoms with Gasteiger partial charge in [-0.25, -0.2) is 0 Å². The lowest BCUT2D eigenvalue weighted by Crippen LogP contribution is -2.04. The lowest BCUT2D eigenvalue weighted by atomic mass is 9.93. The van der Waals surface area contributed by atoms with Gasteiger partial charge in [0.05, 0.1) is 10.4 Å². The van der Waals surface area contributed by atoms with Gasteiger partial charge >= 0.3 is 0 Å². The van der Waals surface area contributed by atoms with Crippen molar-refractivity contribution >= 4 is 22.4 Å². The highest BCUT2D eigenvalue weighted by Crippen LogP contribution is 2.30. The van der Waals surface area contributed by atoms with Crippen LogP contribution in [0.1, 0.15) is 35.2 Å². The number of H-pyrrole nitrogens is 1. The zero-order valence-electron chi connectivity index (χ0n) is 12.7. The quantitative estimate of drug-likeness (QED) is 0.429. The van der Waals surface area contributed by atoms with E-state index in [1.54, 1.807) is 6.07 Å². The van der Waals surface area contributed by atoms with Gasteiger partial charge in [-0.2, -0.15) is 0 Å². The van der Waals surface area contributed by atoms with Crippen molar-refractivity contribution in [3.63, 3.8) is 0 Å². The van der Waals surface area contributed by atoms with Gasteiger partial charge in [-0.15, -0.1) is 0 Å². The smallest absolute Gasteiger partial charge is 0.271 e. The summed E-state index contributed by atoms with van der Waals surface area (Å²) in [6.45, 7) is 1.99. The second-order valence-corrected chi connectivity index (χ2v) is 5.63. The number of hydrogen-bond acceptors (Lipinski definition) is 3. The molecule has 5 heteroatoms. The fourth-order valence-electron chi connectivity index (χ4n) is 2.79. The average molecular weight is 308 g/mol. The second kappa shape index (κ2) is 6.04. The first kappa shape index (κ1) is 15.0. The van der Waals surface area contributed by atoms with Crippen LogP contribution in [0.4, 0.5) is 5.69 Å². The third-order valence-electron chi connectivity index (χ3n) is 4.03. The predicted molar refractivity (Wildman–Crippen MR) is 88.8 cm³/mol. The third-order valence-corrected chi connectivity index (χ3v) is 4.03. The molecule has 1 unspecified atom stereocenters. The number of Topliss-reactive ketones (excluding diaryl/α,β-unsaturated/α-hetero) is 1. The number of ketones is 1. The molecule has 0 aliphatic heterocycles. The van der Waals surface area contributed by atoms with Gasteiger partial charge in [0, 0.05) is 35.7 Å². The van der Waals surface area contributed by atoms with Crippen LogP contribution in [-0.2, 0) is 0 Å². The Bertz CT molecular complexity index is 868. The van der Waals surface area contributed by atoms with Gasteiger partial charge in [0.15, 0.2) is 5.78 Å². The summed E-state index contributed by atoms with van der Waals surface area (Å²) in [4.78, 5) is 25.8. The molecule has 0 saturated heterocycles. The molecular formula is C18H16N2O3. The van der Waals surface area contributed by atoms with Crippen molar-refractivity contribution in [2.45, 2.75) is 19.3 Å². The molecule has 0 radical (unpaired) electrons. The molecule has 5 nitrogen and oxygen atoms in total. The van der Waals surface area contributed by atoms with Crippen LogP contribution in [0.15, 0.2) is 54.7 Å². The number of fused-ring (bicyclic) bond motifs is 1. The van der Waals surface area contributed by atoms with E-state index in [4.69, 9.17) is 0 Å². The summed E-state index contributed by atoms with van der Waals surface area (Å²) in [5.41, 5.74) is 2.47. The highest BCUT2D eigenvalue weighted by atomic mass is 16.6. The van der Waals surface area contributed by atoms with Crippen molar-refractivity contribution in [1.29, 1.82) is 0 Å². The fraction of sp³-hybridized carbons (Fsp3) is 0.167. The summed E-state index contributed by atoms with van der Waals surface area (Å²) in [5, 5.41) is 11.8. The average Bonchev–Trinajstić information content (AvgIpc) is 2.98. The van der Waals surface area contributed by atoms with Crippen LogP contribution in [0.5, 0.6) is 0 Å². The van der Waals surface area contributed by atoms with Gasteiger partial charge in [0.1, 0.15) is 0 Å². The van der Waals surface area contributed by atoms with Crippen molar-refractivity contribution < 1.29 is 9.72 Å². The molecule has 0 saturated carbocycles. The van der Waals surface area contributed by atoms with E-state index in [0.29, 0.717) is 17.5 Å². The Morgan fingerprint density at radius 2 is 1.96 bits per heavy atom. The molecule has 3 aromatic rings. The first-order valence-electron chi connectivity index (χ1n) is 7.40. The summed E-state index contributed by atoms with van der Waals surface area (Å²) < 4.78 is 0. The predicted octanol–water partition coefficient (Wildman–Crippen LogP) is 4.45. The molecule has 3 rings (SSSR count). The number of nitro groups is 1. The number of nitrogens with one attached hydrogen (secondary N) is 1. The number of non-ortho nitro benzene ring substituents is 1. The summed E-state index contributed by atoms with van der Waals surface area (Å²) >= 11 is 0. The molecule has 23 heavy (non-hydrogen) atoms. The number of rotatable bonds is 5. The number of nitrogens with zero attached hydrogens (tertiary/aromatic N) is 1. The highest BCUT2D eigenvalue weighted by Gasteiger charge is 2.17. The number of aromatic nitrogens is 1. The third kappa shape index (κ3) is 2.99. The molecule has 1 aromatic heterocycles. The molecule has 0 aliphatic carbocycles. The Balaban J connectivity index is 1.85. The van der Waals surface area contributed by atoms with Crippen molar-refractivity contribution in [1.82, 2.24) is 4.98 Å². The van der Waals surface area contributed by atoms with Crippen LogP contribution in [0.3, 0.4) is 0 Å². The molecular weight excluding hydrogens is 292 g/mol. The van der Waals surface area contributed by atoms with Gasteiger partial charge < -0.3 is 4.98 Å². The van der Waals surface area contributed by atoms with E-state index in [1.165, 1.54) is 12.1 Å². The van der Waals surface area contributed by atoms with Gasteiger partial charge in [-0.05, 0) is 17.5 Å². The lowest BCUT2D eigenvalue weighted by molar-refractivity contribution is -0.384. The maximum absolute atomic E-state index is 12.3. The molecule has 0 bridgehead atoms. The van der Waals surface area contributed by atoms with E-state index >= 15 is 0 Å². The van der Waals surface area contributed by atoms with Crippen molar-refractivity contribution in [3.8, 4) is 0 Å². The first-order valence-corrected chi connectivity index (χ1v) is 7.40. The molecule has 2 aromatic carbocycles. The van der Waals surface area contributed by atoms with Crippen molar-refractivity contribution in [3.05, 3.63) is 76.0 Å². The van der Waals surface area contributed by atoms with Gasteiger partial charge in [0.25, 0.3) is 5.69 Å². The van der Waals surface area contributed by atoms with E-state index < -0.39 is 4.92 Å². The lowest BCUT2D eigenvalue weighted by Gasteiger charge is -2.10. The topological polar surface area (TPSA) is 76.0 Å². The van der Waals surface area contributed by atoms with E-state index in [0.717, 1.165) is 10.9 Å². The van der Waals surface area contributed by atoms with Crippen LogP contribution in [-0.4, -0.2) is 15.7 Å². The molecule has 0 amide bonds. The number of carbonyl (C=O) groups is 1. The zero-order chi connectivity index (χ0) is 16.4. The SMILES string of the molecule is CC(CC(=O)c1ccccc1)c1c[nH]c2cc([N+](=O)[O-])ccc12. The molecule has 0 spiro atoms. The second-order valence-electron chi connectivity index (χ2n) is 5.63. The number of benzene rings is 2. The zero-order valence-corrected chi connectivity index (χ0v) is 12.7. The summed E-state index contributed by atoms with van der Waals surface area (Å²) in [6, 6.07) is 14.0. The molecule has 0 aliphatic rings. The molecule has 1 atom stereocenters. The first-order chi connectivity index (χ1) is 11.1. The number of nitro benzene ring substituents is 1. The Kier molecular flexibility index (Phi) is 3.93. The number of carbonyl (C=O) groups excluding carboxylic acids is 1. The molecule has 1 heterocycles. The maximum atomic E-state index is 12.3. The Hall–Kier alpha value is -2.95. The minimum Gasteiger partial charge on any atom is -0.361 e. The Morgan fingerprint density at radius 3 is 2.65 bits per heavy atom. The monoisotopic (exact) mass is 308 g/mol. The van der Waals surface area contributed by atoms with Gasteiger partial charge in [-0.1, -0.05) is 37.3 Å². The van der Waals surface area contributed by atoms with E-state index in [9.17, 15) is 14.9 Å². The van der Waals surface area contributed by atoms with E-state index in [1.807, 2.05) is 43.5 Å². The van der Waals surface area contributed by atoms with E-state index in [2.05, 4.69) is 4.98 Å². The summed E-state index contributed by atoms with van der Waals surface area (Å²) in [5.74, 6) is 0.118. The summed E-state index contributed by atoms with van der Waals surface area (Å²) in [6.07, 6.45) is 2.23. The normalized spacial score (nSPS) is 12.2. The minimum atomic E-state index is -0.414. The maximum Gasteiger partial charge on any atom is 0.271 e. The van der Waals surface area contributed by atoms with Crippen LogP contribution in [0.2, 0.25) is 0 Å². The highest BCUT2D eigenvalue weighted by molar-refractivity contribution is 5.97. The Morgan fingerprint density at radius 1 is 1.22 bits per heavy atom. The number of aromatic amines is 1. The standard InChI is InChI=1S/C18H16N2O3/c1-12(9-18(21)13-5-3-2-4-6-13)16-11-19-17-10-14(20(22)23)7-8-15(16)17/h2-8,10-12,19H,9H2,1H3. The summed E-state index contributed by atoms with van der Waals surface area (Å²) in [7, 11) is 0. The molecule has 1 N–H and O–H groups in total. The largest absolute Gasteiger partial charge is 0.361 e. The van der Waals surface area contributed by atoms with Crippen LogP contribution < -0.4 is 0 Å². The van der Waals surface area contributed by atoms with Crippen molar-refractivity contribution in [2.24, 2.45) is 0 Å². The number of hydrogen-bond donors (Lipinski definition) is 1. The Labute approximate surface area is 133 Å². The van der Waals surface area contributed by atoms with Gasteiger partial charge in [-0.3, -0.25) is 14.9 Å². The molecule has 116 valence electrons. The van der Waals surface area contributed by atoms with Crippen molar-refractivity contribution in [2.75, 3.05) is 0 Å². The van der Waals surface area contributed by atoms with Crippen LogP contribution in [0, 0.1) is 10.1 Å². The molecule has 0 fully saturated rings. The van der Waals surface area contributed by atoms with Crippen LogP contribution >= 0.6 is 0 Å². The van der Waals surface area contributed by atoms with E-state index in [-0.39, 0.29) is 17.4 Å². The van der Waals surface area contributed by atoms with Gasteiger partial charge in [0.2, 0.25) is 0 Å². The fourth-order valence-corrected chi connectivity index (χ4v) is 2.79. The minimum absolute atomic E-state index is 0.0258.